The Bertz CT molecular complexity index is 588. The summed E-state index contributed by atoms with van der Waals surface area (Å²) in [5.74, 6) is -1.28. The van der Waals surface area contributed by atoms with Gasteiger partial charge in [-0.05, 0) is 18.7 Å². The lowest BCUT2D eigenvalue weighted by molar-refractivity contribution is 0.492. The fourth-order valence-electron chi connectivity index (χ4n) is 2.11. The molecule has 0 aliphatic rings. The number of halogens is 4. The maximum absolute atomic E-state index is 14.2. The van der Waals surface area contributed by atoms with Crippen LogP contribution in [0.3, 0.4) is 0 Å². The molecule has 1 atom stereocenters. The Morgan fingerprint density at radius 3 is 2.45 bits per heavy atom. The zero-order valence-electron chi connectivity index (χ0n) is 10.9. The molecule has 1 aromatic heterocycles. The Kier molecular flexibility index (Phi) is 4.78. The Balaban J connectivity index is 2.61. The average Bonchev–Trinajstić information content (AvgIpc) is 2.67. The molecule has 108 valence electrons. The van der Waals surface area contributed by atoms with Gasteiger partial charge in [0, 0.05) is 17.1 Å². The molecule has 0 amide bonds. The molecular weight excluding hydrogens is 352 g/mol. The highest BCUT2D eigenvalue weighted by Gasteiger charge is 2.26. The summed E-state index contributed by atoms with van der Waals surface area (Å²) in [6.45, 7) is 2.38. The van der Waals surface area contributed by atoms with Gasteiger partial charge in [0.05, 0.1) is 23.0 Å². The van der Waals surface area contributed by atoms with E-state index in [0.717, 1.165) is 0 Å². The minimum atomic E-state index is -0.701. The molecular formula is C13H13BrClF2N3. The third-order valence-electron chi connectivity index (χ3n) is 2.95. The number of rotatable bonds is 4. The van der Waals surface area contributed by atoms with E-state index in [0.29, 0.717) is 21.7 Å². The average molecular weight is 365 g/mol. The van der Waals surface area contributed by atoms with Crippen LogP contribution in [0.5, 0.6) is 0 Å². The van der Waals surface area contributed by atoms with Gasteiger partial charge in [-0.25, -0.2) is 8.78 Å². The summed E-state index contributed by atoms with van der Waals surface area (Å²) >= 11 is 9.15. The van der Waals surface area contributed by atoms with Crippen LogP contribution in [0.2, 0.25) is 5.02 Å². The van der Waals surface area contributed by atoms with Crippen molar-refractivity contribution in [1.82, 2.24) is 15.1 Å². The Hall–Kier alpha value is -0.980. The SMILES string of the molecule is CCNC(c1c(F)cc(Br)cc1F)c1c(Cl)cnn1C. The van der Waals surface area contributed by atoms with Crippen molar-refractivity contribution < 1.29 is 8.78 Å². The van der Waals surface area contributed by atoms with E-state index >= 15 is 0 Å². The summed E-state index contributed by atoms with van der Waals surface area (Å²) in [5.41, 5.74) is 0.453. The molecule has 0 saturated heterocycles. The second-order valence-electron chi connectivity index (χ2n) is 4.28. The Morgan fingerprint density at radius 2 is 2.00 bits per heavy atom. The molecule has 20 heavy (non-hydrogen) atoms. The standard InChI is InChI=1S/C13H13BrClF2N3/c1-3-18-12(13-8(15)6-19-20(13)2)11-9(16)4-7(14)5-10(11)17/h4-6,12,18H,3H2,1-2H3. The van der Waals surface area contributed by atoms with Crippen LogP contribution in [0.25, 0.3) is 0 Å². The van der Waals surface area contributed by atoms with Crippen LogP contribution in [0.15, 0.2) is 22.8 Å². The van der Waals surface area contributed by atoms with Gasteiger partial charge in [0.25, 0.3) is 0 Å². The van der Waals surface area contributed by atoms with Crippen molar-refractivity contribution in [3.63, 3.8) is 0 Å². The van der Waals surface area contributed by atoms with Crippen molar-refractivity contribution >= 4 is 27.5 Å². The summed E-state index contributed by atoms with van der Waals surface area (Å²) in [6.07, 6.45) is 1.45. The van der Waals surface area contributed by atoms with Crippen LogP contribution < -0.4 is 5.32 Å². The molecule has 2 rings (SSSR count). The second-order valence-corrected chi connectivity index (χ2v) is 5.60. The van der Waals surface area contributed by atoms with Crippen molar-refractivity contribution in [2.75, 3.05) is 6.54 Å². The number of hydrogen-bond acceptors (Lipinski definition) is 2. The van der Waals surface area contributed by atoms with Crippen LogP contribution in [0.1, 0.15) is 24.2 Å². The van der Waals surface area contributed by atoms with Crippen LogP contribution in [0.4, 0.5) is 8.78 Å². The summed E-state index contributed by atoms with van der Waals surface area (Å²) in [4.78, 5) is 0. The monoisotopic (exact) mass is 363 g/mol. The van der Waals surface area contributed by atoms with E-state index in [2.05, 4.69) is 26.3 Å². The third kappa shape index (κ3) is 2.87. The molecule has 0 fully saturated rings. The lowest BCUT2D eigenvalue weighted by Gasteiger charge is -2.20. The molecule has 7 heteroatoms. The van der Waals surface area contributed by atoms with Crippen LogP contribution >= 0.6 is 27.5 Å². The van der Waals surface area contributed by atoms with Crippen molar-refractivity contribution in [2.24, 2.45) is 7.05 Å². The minimum absolute atomic E-state index is 0.0689. The van der Waals surface area contributed by atoms with Crippen molar-refractivity contribution in [1.29, 1.82) is 0 Å². The molecule has 1 unspecified atom stereocenters. The van der Waals surface area contributed by atoms with Crippen LogP contribution in [-0.2, 0) is 7.05 Å². The van der Waals surface area contributed by atoms with Gasteiger partial charge in [-0.15, -0.1) is 0 Å². The molecule has 1 N–H and O–H groups in total. The Labute approximate surface area is 129 Å². The first-order valence-electron chi connectivity index (χ1n) is 6.01. The molecule has 0 saturated carbocycles. The van der Waals surface area contributed by atoms with E-state index in [4.69, 9.17) is 11.6 Å². The predicted molar refractivity (Wildman–Crippen MR) is 77.8 cm³/mol. The molecule has 1 aromatic carbocycles. The first kappa shape index (κ1) is 15.4. The highest BCUT2D eigenvalue weighted by Crippen LogP contribution is 2.32. The zero-order valence-corrected chi connectivity index (χ0v) is 13.3. The smallest absolute Gasteiger partial charge is 0.132 e. The van der Waals surface area contributed by atoms with Gasteiger partial charge >= 0.3 is 0 Å². The highest BCUT2D eigenvalue weighted by atomic mass is 79.9. The summed E-state index contributed by atoms with van der Waals surface area (Å²) in [6, 6.07) is 1.76. The van der Waals surface area contributed by atoms with Crippen molar-refractivity contribution in [2.45, 2.75) is 13.0 Å². The number of aromatic nitrogens is 2. The summed E-state index contributed by atoms with van der Waals surface area (Å²) in [5, 5.41) is 7.42. The van der Waals surface area contributed by atoms with E-state index in [1.165, 1.54) is 23.0 Å². The molecule has 0 aliphatic heterocycles. The van der Waals surface area contributed by atoms with Gasteiger partial charge in [0.2, 0.25) is 0 Å². The number of benzene rings is 1. The molecule has 1 heterocycles. The molecule has 0 aliphatic carbocycles. The van der Waals surface area contributed by atoms with Gasteiger partial charge in [-0.2, -0.15) is 5.10 Å². The summed E-state index contributed by atoms with van der Waals surface area (Å²) in [7, 11) is 1.68. The van der Waals surface area contributed by atoms with Gasteiger partial charge in [-0.1, -0.05) is 34.5 Å². The lowest BCUT2D eigenvalue weighted by Crippen LogP contribution is -2.26. The van der Waals surface area contributed by atoms with Crippen LogP contribution in [0, 0.1) is 11.6 Å². The van der Waals surface area contributed by atoms with E-state index in [1.54, 1.807) is 7.05 Å². The fraction of sp³-hybridized carbons (Fsp3) is 0.308. The molecule has 2 aromatic rings. The number of hydrogen-bond donors (Lipinski definition) is 1. The second kappa shape index (κ2) is 6.20. The van der Waals surface area contributed by atoms with E-state index in [1.807, 2.05) is 6.92 Å². The predicted octanol–water partition coefficient (Wildman–Crippen LogP) is 3.81. The largest absolute Gasteiger partial charge is 0.305 e. The Morgan fingerprint density at radius 1 is 1.40 bits per heavy atom. The normalized spacial score (nSPS) is 12.7. The molecule has 0 radical (unpaired) electrons. The zero-order chi connectivity index (χ0) is 14.9. The van der Waals surface area contributed by atoms with Gasteiger partial charge in [-0.3, -0.25) is 4.68 Å². The van der Waals surface area contributed by atoms with E-state index < -0.39 is 17.7 Å². The minimum Gasteiger partial charge on any atom is -0.305 e. The molecule has 3 nitrogen and oxygen atoms in total. The highest BCUT2D eigenvalue weighted by molar-refractivity contribution is 9.10. The topological polar surface area (TPSA) is 29.9 Å². The first-order chi connectivity index (χ1) is 9.45. The van der Waals surface area contributed by atoms with Gasteiger partial charge < -0.3 is 5.32 Å². The van der Waals surface area contributed by atoms with E-state index in [-0.39, 0.29) is 5.56 Å². The van der Waals surface area contributed by atoms with Gasteiger partial charge in [0.15, 0.2) is 0 Å². The summed E-state index contributed by atoms with van der Waals surface area (Å²) < 4.78 is 30.2. The number of nitrogens with zero attached hydrogens (tertiary/aromatic N) is 2. The quantitative estimate of drug-likeness (QED) is 0.894. The van der Waals surface area contributed by atoms with Gasteiger partial charge in [0.1, 0.15) is 11.6 Å². The number of nitrogens with one attached hydrogen (secondary N) is 1. The first-order valence-corrected chi connectivity index (χ1v) is 7.18. The molecule has 0 spiro atoms. The van der Waals surface area contributed by atoms with Crippen molar-refractivity contribution in [3.8, 4) is 0 Å². The van der Waals surface area contributed by atoms with Crippen LogP contribution in [-0.4, -0.2) is 16.3 Å². The molecule has 0 bridgehead atoms. The van der Waals surface area contributed by atoms with E-state index in [9.17, 15) is 8.78 Å². The fourth-order valence-corrected chi connectivity index (χ4v) is 2.79. The lowest BCUT2D eigenvalue weighted by atomic mass is 10.0. The maximum Gasteiger partial charge on any atom is 0.132 e. The van der Waals surface area contributed by atoms with Crippen molar-refractivity contribution in [3.05, 3.63) is 50.7 Å². The number of aryl methyl sites for hydroxylation is 1. The maximum atomic E-state index is 14.2. The third-order valence-corrected chi connectivity index (χ3v) is 3.70.